The van der Waals surface area contributed by atoms with Crippen LogP contribution in [0.2, 0.25) is 0 Å². The third-order valence-electron chi connectivity index (χ3n) is 4.38. The van der Waals surface area contributed by atoms with Gasteiger partial charge in [0.2, 0.25) is 0 Å². The number of nitrogen functional groups attached to an aromatic ring is 1. The summed E-state index contributed by atoms with van der Waals surface area (Å²) in [7, 11) is 0. The van der Waals surface area contributed by atoms with E-state index >= 15 is 0 Å². The van der Waals surface area contributed by atoms with Gasteiger partial charge in [0.25, 0.3) is 6.01 Å². The highest BCUT2D eigenvalue weighted by molar-refractivity contribution is 5.78. The minimum Gasteiger partial charge on any atom is -0.424 e. The fraction of sp³-hybridized carbons (Fsp3) is 0.500. The lowest BCUT2D eigenvalue weighted by Crippen LogP contribution is -2.53. The van der Waals surface area contributed by atoms with Gasteiger partial charge in [0.15, 0.2) is 5.58 Å². The van der Waals surface area contributed by atoms with Gasteiger partial charge >= 0.3 is 0 Å². The Balaban J connectivity index is 1.58. The van der Waals surface area contributed by atoms with Gasteiger partial charge in [-0.15, -0.1) is 0 Å². The molecule has 4 heterocycles. The molecule has 19 heavy (non-hydrogen) atoms. The molecule has 3 fully saturated rings. The van der Waals surface area contributed by atoms with Gasteiger partial charge in [0.1, 0.15) is 5.52 Å². The molecule has 1 aromatic heterocycles. The molecule has 0 amide bonds. The minimum absolute atomic E-state index is 0.466. The monoisotopic (exact) mass is 258 g/mol. The number of rotatable bonds is 2. The van der Waals surface area contributed by atoms with E-state index in [2.05, 4.69) is 15.2 Å². The summed E-state index contributed by atoms with van der Waals surface area (Å²) in [6.45, 7) is 3.59. The number of aromatic nitrogens is 1. The van der Waals surface area contributed by atoms with E-state index in [1.165, 1.54) is 25.9 Å². The van der Waals surface area contributed by atoms with Crippen molar-refractivity contribution < 1.29 is 4.42 Å². The summed E-state index contributed by atoms with van der Waals surface area (Å²) in [5, 5.41) is 3.46. The van der Waals surface area contributed by atoms with Crippen LogP contribution in [-0.4, -0.2) is 35.6 Å². The molecule has 1 aromatic carbocycles. The van der Waals surface area contributed by atoms with Crippen LogP contribution in [0, 0.1) is 5.92 Å². The summed E-state index contributed by atoms with van der Waals surface area (Å²) in [5.74, 6) is 0.755. The SMILES string of the molecule is Nc1ccc2oc(NC3CN4CCC3CC4)nc2c1. The second-order valence-electron chi connectivity index (χ2n) is 5.64. The van der Waals surface area contributed by atoms with E-state index in [0.29, 0.717) is 12.1 Å². The molecule has 1 atom stereocenters. The van der Waals surface area contributed by atoms with Gasteiger partial charge in [-0.3, -0.25) is 0 Å². The third kappa shape index (κ3) is 1.94. The summed E-state index contributed by atoms with van der Waals surface area (Å²) in [6, 6.07) is 6.65. The second kappa shape index (κ2) is 4.13. The normalized spacial score (nSPS) is 29.8. The standard InChI is InChI=1S/C14H18N4O/c15-10-1-2-13-11(7-10)16-14(19-13)17-12-8-18-5-3-9(12)4-6-18/h1-2,7,9,12H,3-6,8,15H2,(H,16,17). The summed E-state index contributed by atoms with van der Waals surface area (Å²) in [4.78, 5) is 6.99. The molecule has 3 N–H and O–H groups in total. The zero-order chi connectivity index (χ0) is 12.8. The molecule has 2 aromatic rings. The first-order valence-electron chi connectivity index (χ1n) is 6.93. The maximum atomic E-state index is 5.76. The van der Waals surface area contributed by atoms with Gasteiger partial charge in [-0.2, -0.15) is 4.98 Å². The van der Waals surface area contributed by atoms with E-state index in [0.717, 1.165) is 29.2 Å². The number of anilines is 2. The van der Waals surface area contributed by atoms with Gasteiger partial charge < -0.3 is 20.4 Å². The molecule has 2 bridgehead atoms. The van der Waals surface area contributed by atoms with Crippen molar-refractivity contribution in [3.05, 3.63) is 18.2 Å². The lowest BCUT2D eigenvalue weighted by Gasteiger charge is -2.44. The van der Waals surface area contributed by atoms with E-state index in [1.807, 2.05) is 18.2 Å². The lowest BCUT2D eigenvalue weighted by molar-refractivity contribution is 0.0965. The quantitative estimate of drug-likeness (QED) is 0.805. The van der Waals surface area contributed by atoms with Crippen LogP contribution in [0.5, 0.6) is 0 Å². The third-order valence-corrected chi connectivity index (χ3v) is 4.38. The number of oxazole rings is 1. The molecule has 3 aliphatic heterocycles. The topological polar surface area (TPSA) is 67.3 Å². The molecule has 3 aliphatic rings. The number of hydrogen-bond donors (Lipinski definition) is 2. The number of nitrogens with one attached hydrogen (secondary N) is 1. The Morgan fingerprint density at radius 2 is 2.16 bits per heavy atom. The number of fused-ring (bicyclic) bond motifs is 4. The predicted molar refractivity (Wildman–Crippen MR) is 75.0 cm³/mol. The average Bonchev–Trinajstić information content (AvgIpc) is 2.81. The van der Waals surface area contributed by atoms with Crippen molar-refractivity contribution in [1.82, 2.24) is 9.88 Å². The highest BCUT2D eigenvalue weighted by atomic mass is 16.4. The molecule has 100 valence electrons. The fourth-order valence-electron chi connectivity index (χ4n) is 3.29. The molecule has 1 unspecified atom stereocenters. The van der Waals surface area contributed by atoms with E-state index < -0.39 is 0 Å². The molecule has 5 nitrogen and oxygen atoms in total. The zero-order valence-electron chi connectivity index (χ0n) is 10.8. The van der Waals surface area contributed by atoms with E-state index in [9.17, 15) is 0 Å². The number of hydrogen-bond acceptors (Lipinski definition) is 5. The first-order valence-corrected chi connectivity index (χ1v) is 6.93. The molecule has 5 heteroatoms. The van der Waals surface area contributed by atoms with Crippen LogP contribution in [0.4, 0.5) is 11.7 Å². The van der Waals surface area contributed by atoms with Crippen LogP contribution in [0.1, 0.15) is 12.8 Å². The smallest absolute Gasteiger partial charge is 0.295 e. The summed E-state index contributed by atoms with van der Waals surface area (Å²) < 4.78 is 5.74. The maximum Gasteiger partial charge on any atom is 0.295 e. The molecule has 0 aliphatic carbocycles. The van der Waals surface area contributed by atoms with Gasteiger partial charge in [-0.05, 0) is 50.0 Å². The molecule has 3 saturated heterocycles. The Morgan fingerprint density at radius 3 is 2.89 bits per heavy atom. The van der Waals surface area contributed by atoms with Crippen LogP contribution >= 0.6 is 0 Å². The lowest BCUT2D eigenvalue weighted by atomic mass is 9.84. The fourth-order valence-corrected chi connectivity index (χ4v) is 3.29. The van der Waals surface area contributed by atoms with Crippen molar-refractivity contribution in [3.63, 3.8) is 0 Å². The maximum absolute atomic E-state index is 5.76. The van der Waals surface area contributed by atoms with Crippen molar-refractivity contribution in [2.45, 2.75) is 18.9 Å². The van der Waals surface area contributed by atoms with Gasteiger partial charge in [-0.25, -0.2) is 0 Å². The first-order chi connectivity index (χ1) is 9.28. The van der Waals surface area contributed by atoms with Gasteiger partial charge in [0, 0.05) is 18.3 Å². The van der Waals surface area contributed by atoms with Crippen molar-refractivity contribution in [2.24, 2.45) is 5.92 Å². The molecular weight excluding hydrogens is 240 g/mol. The summed E-state index contributed by atoms with van der Waals surface area (Å²) in [5.41, 5.74) is 8.09. The van der Waals surface area contributed by atoms with Crippen molar-refractivity contribution in [2.75, 3.05) is 30.7 Å². The number of nitrogens with two attached hydrogens (primary N) is 1. The van der Waals surface area contributed by atoms with Crippen molar-refractivity contribution in [1.29, 1.82) is 0 Å². The number of benzene rings is 1. The van der Waals surface area contributed by atoms with Crippen LogP contribution in [0.3, 0.4) is 0 Å². The molecule has 0 spiro atoms. The van der Waals surface area contributed by atoms with Gasteiger partial charge in [-0.1, -0.05) is 0 Å². The molecule has 5 rings (SSSR count). The van der Waals surface area contributed by atoms with E-state index in [4.69, 9.17) is 10.2 Å². The minimum atomic E-state index is 0.466. The molecule has 0 saturated carbocycles. The number of piperidine rings is 3. The summed E-state index contributed by atoms with van der Waals surface area (Å²) in [6.07, 6.45) is 2.57. The van der Waals surface area contributed by atoms with Crippen LogP contribution in [0.25, 0.3) is 11.1 Å². The second-order valence-corrected chi connectivity index (χ2v) is 5.64. The Kier molecular flexibility index (Phi) is 2.41. The summed E-state index contributed by atoms with van der Waals surface area (Å²) >= 11 is 0. The van der Waals surface area contributed by atoms with Crippen LogP contribution in [0.15, 0.2) is 22.6 Å². The highest BCUT2D eigenvalue weighted by Crippen LogP contribution is 2.30. The van der Waals surface area contributed by atoms with E-state index in [-0.39, 0.29) is 0 Å². The van der Waals surface area contributed by atoms with Crippen LogP contribution < -0.4 is 11.1 Å². The van der Waals surface area contributed by atoms with Crippen molar-refractivity contribution >= 4 is 22.8 Å². The average molecular weight is 258 g/mol. The van der Waals surface area contributed by atoms with Crippen LogP contribution in [-0.2, 0) is 0 Å². The van der Waals surface area contributed by atoms with E-state index in [1.54, 1.807) is 0 Å². The Hall–Kier alpha value is -1.75. The Morgan fingerprint density at radius 1 is 1.32 bits per heavy atom. The molecule has 0 radical (unpaired) electrons. The Labute approximate surface area is 111 Å². The largest absolute Gasteiger partial charge is 0.424 e. The predicted octanol–water partition coefficient (Wildman–Crippen LogP) is 1.92. The Bertz CT molecular complexity index is 601. The van der Waals surface area contributed by atoms with Gasteiger partial charge in [0.05, 0.1) is 0 Å². The zero-order valence-corrected chi connectivity index (χ0v) is 10.8. The number of nitrogens with zero attached hydrogens (tertiary/aromatic N) is 2. The highest BCUT2D eigenvalue weighted by Gasteiger charge is 2.34. The van der Waals surface area contributed by atoms with Crippen molar-refractivity contribution in [3.8, 4) is 0 Å². The molecular formula is C14H18N4O. The first kappa shape index (κ1) is 11.1.